The molecule has 2 amide bonds. The van der Waals surface area contributed by atoms with E-state index in [4.69, 9.17) is 0 Å². The Bertz CT molecular complexity index is 954. The van der Waals surface area contributed by atoms with E-state index in [0.29, 0.717) is 25.1 Å². The summed E-state index contributed by atoms with van der Waals surface area (Å²) in [6, 6.07) is 13.1. The Hall–Kier alpha value is -2.69. The fraction of sp³-hybridized carbons (Fsp3) is 0.440. The minimum absolute atomic E-state index is 0.00107. The Balaban J connectivity index is 1.46. The molecule has 5 heteroatoms. The second kappa shape index (κ2) is 8.58. The first kappa shape index (κ1) is 20.6. The summed E-state index contributed by atoms with van der Waals surface area (Å²) in [6.45, 7) is 4.70. The Morgan fingerprint density at radius 2 is 1.80 bits per heavy atom. The molecule has 2 fully saturated rings. The smallest absolute Gasteiger partial charge is 0.226 e. The van der Waals surface area contributed by atoms with Crippen LogP contribution in [0.1, 0.15) is 54.0 Å². The molecule has 0 aromatic heterocycles. The standard InChI is InChI=1S/C25H29FN2O2/c1-16-4-3-5-18(12-16)14-27-24(29)21-9-11-23(20-8-10-22(26)17(2)13-20)28(15-21)25(30)19-6-7-19/h3-5,8,10,12-13,19,21,23H,6-7,9,11,14-15H2,1-2H3,(H,27,29)/t21-,23-/m0/s1. The number of carbonyl (C=O) groups excluding carboxylic acids is 2. The van der Waals surface area contributed by atoms with Gasteiger partial charge in [-0.3, -0.25) is 9.59 Å². The number of nitrogens with one attached hydrogen (secondary N) is 1. The fourth-order valence-corrected chi connectivity index (χ4v) is 4.37. The van der Waals surface area contributed by atoms with E-state index >= 15 is 0 Å². The van der Waals surface area contributed by atoms with Crippen LogP contribution in [0.3, 0.4) is 0 Å². The quantitative estimate of drug-likeness (QED) is 0.795. The van der Waals surface area contributed by atoms with Crippen molar-refractivity contribution in [3.63, 3.8) is 0 Å². The van der Waals surface area contributed by atoms with Crippen molar-refractivity contribution in [1.29, 1.82) is 0 Å². The third kappa shape index (κ3) is 4.55. The summed E-state index contributed by atoms with van der Waals surface area (Å²) >= 11 is 0. The van der Waals surface area contributed by atoms with Crippen LogP contribution in [0.25, 0.3) is 0 Å². The Morgan fingerprint density at radius 3 is 2.50 bits per heavy atom. The molecule has 0 bridgehead atoms. The van der Waals surface area contributed by atoms with Crippen molar-refractivity contribution in [1.82, 2.24) is 10.2 Å². The molecule has 1 aliphatic heterocycles. The number of aryl methyl sites for hydroxylation is 2. The summed E-state index contributed by atoms with van der Waals surface area (Å²) in [6.07, 6.45) is 3.28. The van der Waals surface area contributed by atoms with Gasteiger partial charge < -0.3 is 10.2 Å². The summed E-state index contributed by atoms with van der Waals surface area (Å²) in [7, 11) is 0. The summed E-state index contributed by atoms with van der Waals surface area (Å²) in [5, 5.41) is 3.04. The highest BCUT2D eigenvalue weighted by Gasteiger charge is 2.41. The zero-order valence-electron chi connectivity index (χ0n) is 17.7. The first-order valence-corrected chi connectivity index (χ1v) is 10.8. The highest BCUT2D eigenvalue weighted by Crippen LogP contribution is 2.39. The van der Waals surface area contributed by atoms with E-state index in [1.54, 1.807) is 13.0 Å². The highest BCUT2D eigenvalue weighted by molar-refractivity contribution is 5.84. The molecule has 1 aliphatic carbocycles. The van der Waals surface area contributed by atoms with Crippen LogP contribution in [0.15, 0.2) is 42.5 Å². The van der Waals surface area contributed by atoms with Gasteiger partial charge in [0.2, 0.25) is 11.8 Å². The predicted molar refractivity (Wildman–Crippen MR) is 114 cm³/mol. The predicted octanol–water partition coefficient (Wildman–Crippen LogP) is 4.45. The molecule has 158 valence electrons. The van der Waals surface area contributed by atoms with E-state index in [1.165, 1.54) is 6.07 Å². The van der Waals surface area contributed by atoms with Crippen LogP contribution in [0.5, 0.6) is 0 Å². The third-order valence-electron chi connectivity index (χ3n) is 6.28. The molecular weight excluding hydrogens is 379 g/mol. The van der Waals surface area contributed by atoms with Crippen molar-refractivity contribution in [3.05, 3.63) is 70.5 Å². The SMILES string of the molecule is Cc1cccc(CNC(=O)[C@H]2CC[C@@H](c3ccc(F)c(C)c3)N(C(=O)C3CC3)C2)c1. The van der Waals surface area contributed by atoms with Crippen molar-refractivity contribution in [2.45, 2.75) is 52.1 Å². The van der Waals surface area contributed by atoms with Gasteiger partial charge in [-0.05, 0) is 62.3 Å². The number of hydrogen-bond acceptors (Lipinski definition) is 2. The number of nitrogens with zero attached hydrogens (tertiary/aromatic N) is 1. The fourth-order valence-electron chi connectivity index (χ4n) is 4.37. The zero-order chi connectivity index (χ0) is 21.3. The minimum atomic E-state index is -0.233. The molecule has 4 rings (SSSR count). The van der Waals surface area contributed by atoms with Gasteiger partial charge in [-0.25, -0.2) is 4.39 Å². The minimum Gasteiger partial charge on any atom is -0.352 e. The average Bonchev–Trinajstić information content (AvgIpc) is 3.58. The molecule has 2 aliphatic rings. The van der Waals surface area contributed by atoms with Crippen molar-refractivity contribution in [3.8, 4) is 0 Å². The van der Waals surface area contributed by atoms with Gasteiger partial charge in [-0.15, -0.1) is 0 Å². The van der Waals surface area contributed by atoms with E-state index in [2.05, 4.69) is 11.4 Å². The molecule has 2 atom stereocenters. The van der Waals surface area contributed by atoms with Crippen molar-refractivity contribution < 1.29 is 14.0 Å². The van der Waals surface area contributed by atoms with Crippen LogP contribution in [0.4, 0.5) is 4.39 Å². The third-order valence-corrected chi connectivity index (χ3v) is 6.28. The molecule has 1 saturated carbocycles. The molecule has 2 aromatic carbocycles. The first-order chi connectivity index (χ1) is 14.4. The van der Waals surface area contributed by atoms with E-state index in [-0.39, 0.29) is 35.5 Å². The van der Waals surface area contributed by atoms with Gasteiger partial charge in [0.05, 0.1) is 12.0 Å². The van der Waals surface area contributed by atoms with Gasteiger partial charge in [-0.1, -0.05) is 42.0 Å². The van der Waals surface area contributed by atoms with Gasteiger partial charge in [-0.2, -0.15) is 0 Å². The Morgan fingerprint density at radius 1 is 1.03 bits per heavy atom. The monoisotopic (exact) mass is 408 g/mol. The lowest BCUT2D eigenvalue weighted by Gasteiger charge is -2.40. The topological polar surface area (TPSA) is 49.4 Å². The second-order valence-corrected chi connectivity index (χ2v) is 8.77. The molecule has 2 aromatic rings. The Labute approximate surface area is 177 Å². The average molecular weight is 409 g/mol. The summed E-state index contributed by atoms with van der Waals surface area (Å²) in [5.41, 5.74) is 3.79. The summed E-state index contributed by atoms with van der Waals surface area (Å²) < 4.78 is 13.7. The van der Waals surface area contributed by atoms with E-state index in [9.17, 15) is 14.0 Å². The van der Waals surface area contributed by atoms with Gasteiger partial charge >= 0.3 is 0 Å². The van der Waals surface area contributed by atoms with Gasteiger partial charge in [0.25, 0.3) is 0 Å². The number of rotatable bonds is 5. The number of halogens is 1. The molecule has 0 unspecified atom stereocenters. The van der Waals surface area contributed by atoms with Crippen LogP contribution in [0, 0.1) is 31.5 Å². The van der Waals surface area contributed by atoms with Crippen LogP contribution in [-0.2, 0) is 16.1 Å². The summed E-state index contributed by atoms with van der Waals surface area (Å²) in [4.78, 5) is 27.7. The van der Waals surface area contributed by atoms with E-state index < -0.39 is 0 Å². The van der Waals surface area contributed by atoms with Gasteiger partial charge in [0, 0.05) is 19.0 Å². The molecule has 1 saturated heterocycles. The normalized spacial score (nSPS) is 21.4. The van der Waals surface area contributed by atoms with Crippen molar-refractivity contribution in [2.24, 2.45) is 11.8 Å². The maximum absolute atomic E-state index is 13.7. The van der Waals surface area contributed by atoms with E-state index in [0.717, 1.165) is 36.0 Å². The molecule has 1 heterocycles. The van der Waals surface area contributed by atoms with Crippen molar-refractivity contribution >= 4 is 11.8 Å². The lowest BCUT2D eigenvalue weighted by molar-refractivity contribution is -0.140. The van der Waals surface area contributed by atoms with Crippen LogP contribution >= 0.6 is 0 Å². The molecule has 0 spiro atoms. The molecular formula is C25H29FN2O2. The van der Waals surface area contributed by atoms with Crippen LogP contribution < -0.4 is 5.32 Å². The number of benzene rings is 2. The molecule has 4 nitrogen and oxygen atoms in total. The number of carbonyl (C=O) groups is 2. The van der Waals surface area contributed by atoms with E-state index in [1.807, 2.05) is 36.1 Å². The largest absolute Gasteiger partial charge is 0.352 e. The summed E-state index contributed by atoms with van der Waals surface area (Å²) in [5.74, 6) is -0.224. The van der Waals surface area contributed by atoms with Gasteiger partial charge in [0.1, 0.15) is 5.82 Å². The number of amides is 2. The molecule has 30 heavy (non-hydrogen) atoms. The maximum atomic E-state index is 13.7. The Kier molecular flexibility index (Phi) is 5.89. The molecule has 0 radical (unpaired) electrons. The number of likely N-dealkylation sites (tertiary alicyclic amines) is 1. The molecule has 1 N–H and O–H groups in total. The number of hydrogen-bond donors (Lipinski definition) is 1. The lowest BCUT2D eigenvalue weighted by Crippen LogP contribution is -2.47. The first-order valence-electron chi connectivity index (χ1n) is 10.8. The maximum Gasteiger partial charge on any atom is 0.226 e. The number of piperidine rings is 1. The van der Waals surface area contributed by atoms with Gasteiger partial charge in [0.15, 0.2) is 0 Å². The lowest BCUT2D eigenvalue weighted by atomic mass is 9.87. The zero-order valence-corrected chi connectivity index (χ0v) is 17.7. The van der Waals surface area contributed by atoms with Crippen LogP contribution in [-0.4, -0.2) is 23.3 Å². The second-order valence-electron chi connectivity index (χ2n) is 8.77. The highest BCUT2D eigenvalue weighted by atomic mass is 19.1. The van der Waals surface area contributed by atoms with Crippen LogP contribution in [0.2, 0.25) is 0 Å². The van der Waals surface area contributed by atoms with Crippen molar-refractivity contribution in [2.75, 3.05) is 6.54 Å².